The fourth-order valence-electron chi connectivity index (χ4n) is 2.77. The van der Waals surface area contributed by atoms with Gasteiger partial charge in [0.05, 0.1) is 5.71 Å². The normalized spacial score (nSPS) is 41.9. The van der Waals surface area contributed by atoms with Gasteiger partial charge in [-0.1, -0.05) is 24.2 Å². The van der Waals surface area contributed by atoms with Crippen LogP contribution in [0, 0.1) is 11.3 Å². The number of hydrogen-bond acceptors (Lipinski definition) is 2. The van der Waals surface area contributed by atoms with Crippen molar-refractivity contribution in [2.45, 2.75) is 39.0 Å². The van der Waals surface area contributed by atoms with E-state index in [1.54, 1.807) is 0 Å². The maximum Gasteiger partial charge on any atom is 0.0635 e. The molecule has 2 aliphatic carbocycles. The predicted molar refractivity (Wildman–Crippen MR) is 53.0 cm³/mol. The van der Waals surface area contributed by atoms with E-state index in [0.29, 0.717) is 5.92 Å². The zero-order valence-corrected chi connectivity index (χ0v) is 8.16. The van der Waals surface area contributed by atoms with Crippen molar-refractivity contribution in [1.82, 2.24) is 0 Å². The molecule has 1 saturated carbocycles. The first-order chi connectivity index (χ1) is 6.27. The number of nitrogens with zero attached hydrogens (tertiary/aromatic N) is 1. The first kappa shape index (κ1) is 8.79. The molecule has 2 atom stereocenters. The molecule has 0 amide bonds. The molecule has 0 bridgehead atoms. The fourth-order valence-corrected chi connectivity index (χ4v) is 2.77. The summed E-state index contributed by atoms with van der Waals surface area (Å²) < 4.78 is 0. The minimum absolute atomic E-state index is 0.155. The Morgan fingerprint density at radius 1 is 1.54 bits per heavy atom. The lowest BCUT2D eigenvalue weighted by molar-refractivity contribution is 0.212. The monoisotopic (exact) mass is 179 g/mol. The number of oxime groups is 1. The molecule has 2 rings (SSSR count). The van der Waals surface area contributed by atoms with E-state index < -0.39 is 0 Å². The molecule has 13 heavy (non-hydrogen) atoms. The summed E-state index contributed by atoms with van der Waals surface area (Å²) in [6, 6.07) is 0. The largest absolute Gasteiger partial charge is 0.411 e. The Bertz CT molecular complexity index is 257. The second-order valence-electron chi connectivity index (χ2n) is 4.46. The van der Waals surface area contributed by atoms with Gasteiger partial charge in [0, 0.05) is 5.41 Å². The van der Waals surface area contributed by atoms with Crippen molar-refractivity contribution in [3.63, 3.8) is 0 Å². The molecule has 2 unspecified atom stereocenters. The topological polar surface area (TPSA) is 32.6 Å². The fraction of sp³-hybridized carbons (Fsp3) is 0.727. The summed E-state index contributed by atoms with van der Waals surface area (Å²) in [5, 5.41) is 12.4. The smallest absolute Gasteiger partial charge is 0.0635 e. The van der Waals surface area contributed by atoms with Crippen molar-refractivity contribution in [2.24, 2.45) is 16.5 Å². The molecule has 2 aliphatic rings. The molecule has 1 N–H and O–H groups in total. The third kappa shape index (κ3) is 1.28. The molecule has 0 aromatic rings. The van der Waals surface area contributed by atoms with Crippen LogP contribution in [0.1, 0.15) is 39.0 Å². The van der Waals surface area contributed by atoms with Crippen LogP contribution < -0.4 is 0 Å². The minimum Gasteiger partial charge on any atom is -0.411 e. The van der Waals surface area contributed by atoms with Crippen molar-refractivity contribution in [3.8, 4) is 0 Å². The van der Waals surface area contributed by atoms with Crippen molar-refractivity contribution in [3.05, 3.63) is 12.2 Å². The van der Waals surface area contributed by atoms with Gasteiger partial charge < -0.3 is 5.21 Å². The second kappa shape index (κ2) is 3.17. The minimum atomic E-state index is 0.155. The number of rotatable bonds is 0. The first-order valence-corrected chi connectivity index (χ1v) is 5.14. The summed E-state index contributed by atoms with van der Waals surface area (Å²) in [6.07, 6.45) is 10.2. The van der Waals surface area contributed by atoms with Crippen LogP contribution in [0.4, 0.5) is 0 Å². The molecule has 72 valence electrons. The van der Waals surface area contributed by atoms with Crippen LogP contribution in [0.2, 0.25) is 0 Å². The highest BCUT2D eigenvalue weighted by Crippen LogP contribution is 2.46. The van der Waals surface area contributed by atoms with E-state index in [2.05, 4.69) is 24.2 Å². The van der Waals surface area contributed by atoms with Crippen LogP contribution in [0.25, 0.3) is 0 Å². The van der Waals surface area contributed by atoms with Crippen molar-refractivity contribution in [1.29, 1.82) is 0 Å². The molecule has 2 nitrogen and oxygen atoms in total. The predicted octanol–water partition coefficient (Wildman–Crippen LogP) is 2.97. The van der Waals surface area contributed by atoms with E-state index >= 15 is 0 Å². The molecule has 0 saturated heterocycles. The molecule has 0 aromatic heterocycles. The summed E-state index contributed by atoms with van der Waals surface area (Å²) in [4.78, 5) is 0. The Kier molecular flexibility index (Phi) is 2.14. The average molecular weight is 179 g/mol. The van der Waals surface area contributed by atoms with E-state index in [0.717, 1.165) is 25.0 Å². The zero-order chi connectivity index (χ0) is 9.31. The number of allylic oxidation sites excluding steroid dienone is 2. The highest BCUT2D eigenvalue weighted by atomic mass is 16.4. The maximum atomic E-state index is 8.96. The number of fused-ring (bicyclic) bond motifs is 1. The molecular weight excluding hydrogens is 162 g/mol. The maximum absolute atomic E-state index is 8.96. The van der Waals surface area contributed by atoms with Gasteiger partial charge in [0.15, 0.2) is 0 Å². The van der Waals surface area contributed by atoms with Gasteiger partial charge >= 0.3 is 0 Å². The Balaban J connectivity index is 2.30. The van der Waals surface area contributed by atoms with Gasteiger partial charge in [-0.2, -0.15) is 0 Å². The molecule has 0 aliphatic heterocycles. The van der Waals surface area contributed by atoms with Gasteiger partial charge in [0.1, 0.15) is 0 Å². The lowest BCUT2D eigenvalue weighted by Crippen LogP contribution is -2.40. The summed E-state index contributed by atoms with van der Waals surface area (Å²) in [7, 11) is 0. The van der Waals surface area contributed by atoms with Gasteiger partial charge in [-0.25, -0.2) is 0 Å². The van der Waals surface area contributed by atoms with Crippen LogP contribution in [0.3, 0.4) is 0 Å². The lowest BCUT2D eigenvalue weighted by Gasteiger charge is -2.43. The molecular formula is C11H17NO. The Morgan fingerprint density at radius 3 is 3.15 bits per heavy atom. The Hall–Kier alpha value is -0.790. The van der Waals surface area contributed by atoms with Gasteiger partial charge in [-0.05, 0) is 38.0 Å². The summed E-state index contributed by atoms with van der Waals surface area (Å²) in [6.45, 7) is 2.25. The van der Waals surface area contributed by atoms with Crippen molar-refractivity contribution >= 4 is 5.71 Å². The highest BCUT2D eigenvalue weighted by molar-refractivity contribution is 5.90. The van der Waals surface area contributed by atoms with E-state index in [1.807, 2.05) is 0 Å². The first-order valence-electron chi connectivity index (χ1n) is 5.14. The molecule has 2 heteroatoms. The van der Waals surface area contributed by atoms with Gasteiger partial charge in [0.2, 0.25) is 0 Å². The SMILES string of the molecule is CC12CC=CCC1CCC/C2=N/O. The molecule has 0 radical (unpaired) electrons. The van der Waals surface area contributed by atoms with Crippen molar-refractivity contribution < 1.29 is 5.21 Å². The summed E-state index contributed by atoms with van der Waals surface area (Å²) in [5.41, 5.74) is 1.18. The second-order valence-corrected chi connectivity index (χ2v) is 4.46. The van der Waals surface area contributed by atoms with Crippen LogP contribution in [0.5, 0.6) is 0 Å². The lowest BCUT2D eigenvalue weighted by atomic mass is 9.61. The van der Waals surface area contributed by atoms with Crippen LogP contribution in [-0.4, -0.2) is 10.9 Å². The Morgan fingerprint density at radius 2 is 2.38 bits per heavy atom. The molecule has 0 spiro atoms. The Labute approximate surface area is 79.3 Å². The van der Waals surface area contributed by atoms with E-state index in [-0.39, 0.29) is 5.41 Å². The van der Waals surface area contributed by atoms with Gasteiger partial charge in [0.25, 0.3) is 0 Å². The molecule has 0 heterocycles. The average Bonchev–Trinajstić information content (AvgIpc) is 2.16. The summed E-state index contributed by atoms with van der Waals surface area (Å²) in [5.74, 6) is 0.706. The van der Waals surface area contributed by atoms with E-state index in [9.17, 15) is 0 Å². The van der Waals surface area contributed by atoms with Crippen molar-refractivity contribution in [2.75, 3.05) is 0 Å². The zero-order valence-electron chi connectivity index (χ0n) is 8.16. The van der Waals surface area contributed by atoms with Crippen LogP contribution in [-0.2, 0) is 0 Å². The van der Waals surface area contributed by atoms with E-state index in [1.165, 1.54) is 12.8 Å². The standard InChI is InChI=1S/C11H17NO/c1-11-8-3-2-5-9(11)6-4-7-10(11)12-13/h2-3,9,13H,4-8H2,1H3/b12-10-. The summed E-state index contributed by atoms with van der Waals surface area (Å²) >= 11 is 0. The highest BCUT2D eigenvalue weighted by Gasteiger charge is 2.41. The number of hydrogen-bond donors (Lipinski definition) is 1. The third-order valence-electron chi connectivity index (χ3n) is 3.78. The van der Waals surface area contributed by atoms with Gasteiger partial charge in [-0.3, -0.25) is 0 Å². The molecule has 1 fully saturated rings. The van der Waals surface area contributed by atoms with Crippen LogP contribution in [0.15, 0.2) is 17.3 Å². The van der Waals surface area contributed by atoms with E-state index in [4.69, 9.17) is 5.21 Å². The quantitative estimate of drug-likeness (QED) is 0.346. The molecule has 0 aromatic carbocycles. The van der Waals surface area contributed by atoms with Gasteiger partial charge in [-0.15, -0.1) is 0 Å². The van der Waals surface area contributed by atoms with Crippen LogP contribution >= 0.6 is 0 Å². The third-order valence-corrected chi connectivity index (χ3v) is 3.78.